The minimum atomic E-state index is -1.73. The van der Waals surface area contributed by atoms with Gasteiger partial charge in [-0.1, -0.05) is 32.9 Å². The lowest BCUT2D eigenvalue weighted by molar-refractivity contribution is 0.0526. The highest BCUT2D eigenvalue weighted by Crippen LogP contribution is 2.38. The molecule has 0 amide bonds. The maximum Gasteiger partial charge on any atom is 0.338 e. The lowest BCUT2D eigenvalue weighted by atomic mass is 10.0. The number of hydrogen-bond acceptors (Lipinski definition) is 5. The Morgan fingerprint density at radius 3 is 2.53 bits per heavy atom. The van der Waals surface area contributed by atoms with Gasteiger partial charge in [0.25, 0.3) is 0 Å². The van der Waals surface area contributed by atoms with Crippen LogP contribution in [0.3, 0.4) is 0 Å². The van der Waals surface area contributed by atoms with Gasteiger partial charge in [0, 0.05) is 25.7 Å². The minimum absolute atomic E-state index is 0. The standard InChI is InChI=1S/C22H38N2O3Si.2H2S/c1-8-26-21(25)18-11-9-10-17(14-18)20(23-5)16-24-13-12-19(15-24)27-28(6,7)22(2,3)4;;/h9-11,14,19-20,23H,8,12-13,15-16H2,1-7H3;2*1H2/t19-,20+;;/m0../s1. The predicted molar refractivity (Wildman–Crippen MR) is 138 cm³/mol. The van der Waals surface area contributed by atoms with Gasteiger partial charge in [-0.3, -0.25) is 4.90 Å². The number of benzene rings is 1. The molecular formula is C22H42N2O3S2Si. The quantitative estimate of drug-likeness (QED) is 0.446. The molecule has 0 aliphatic carbocycles. The molecule has 1 heterocycles. The van der Waals surface area contributed by atoms with Gasteiger partial charge in [0.1, 0.15) is 0 Å². The highest BCUT2D eigenvalue weighted by Gasteiger charge is 2.40. The number of nitrogens with zero attached hydrogens (tertiary/aromatic N) is 1. The highest BCUT2D eigenvalue weighted by molar-refractivity contribution is 7.59. The fourth-order valence-electron chi connectivity index (χ4n) is 3.37. The third kappa shape index (κ3) is 7.87. The zero-order valence-corrected chi connectivity index (χ0v) is 22.7. The lowest BCUT2D eigenvalue weighted by Crippen LogP contribution is -2.44. The SMILES string of the molecule is CCOC(=O)c1cccc([C@@H](CN2CC[C@H](O[Si](C)(C)C(C)(C)C)C2)NC)c1.S.S. The largest absolute Gasteiger partial charge is 0.462 e. The summed E-state index contributed by atoms with van der Waals surface area (Å²) in [4.78, 5) is 14.5. The zero-order valence-electron chi connectivity index (χ0n) is 19.7. The summed E-state index contributed by atoms with van der Waals surface area (Å²) in [6.45, 7) is 16.7. The summed E-state index contributed by atoms with van der Waals surface area (Å²) in [6, 6.07) is 7.93. The first-order valence-corrected chi connectivity index (χ1v) is 13.3. The molecule has 0 spiro atoms. The Labute approximate surface area is 198 Å². The van der Waals surface area contributed by atoms with E-state index in [0.29, 0.717) is 18.3 Å². The van der Waals surface area contributed by atoms with Crippen molar-refractivity contribution in [3.63, 3.8) is 0 Å². The van der Waals surface area contributed by atoms with E-state index in [-0.39, 0.29) is 44.0 Å². The van der Waals surface area contributed by atoms with Crippen LogP contribution in [0.2, 0.25) is 18.1 Å². The maximum absolute atomic E-state index is 12.0. The fraction of sp³-hybridized carbons (Fsp3) is 0.682. The Morgan fingerprint density at radius 1 is 1.30 bits per heavy atom. The molecule has 1 aliphatic rings. The van der Waals surface area contributed by atoms with Crippen molar-refractivity contribution in [2.45, 2.75) is 64.4 Å². The monoisotopic (exact) mass is 474 g/mol. The van der Waals surface area contributed by atoms with Crippen LogP contribution in [0.15, 0.2) is 24.3 Å². The van der Waals surface area contributed by atoms with Gasteiger partial charge < -0.3 is 14.5 Å². The van der Waals surface area contributed by atoms with Crippen molar-refractivity contribution in [2.75, 3.05) is 33.3 Å². The summed E-state index contributed by atoms with van der Waals surface area (Å²) in [5, 5.41) is 3.64. The van der Waals surface area contributed by atoms with Gasteiger partial charge in [0.05, 0.1) is 18.3 Å². The van der Waals surface area contributed by atoms with Crippen LogP contribution < -0.4 is 5.32 Å². The summed E-state index contributed by atoms with van der Waals surface area (Å²) in [5.74, 6) is -0.261. The van der Waals surface area contributed by atoms with E-state index in [1.807, 2.05) is 32.2 Å². The Bertz CT molecular complexity index is 668. The van der Waals surface area contributed by atoms with Gasteiger partial charge in [-0.15, -0.1) is 0 Å². The molecule has 1 aromatic carbocycles. The van der Waals surface area contributed by atoms with Gasteiger partial charge in [-0.05, 0) is 56.2 Å². The fourth-order valence-corrected chi connectivity index (χ4v) is 4.75. The summed E-state index contributed by atoms with van der Waals surface area (Å²) in [5.41, 5.74) is 1.72. The molecule has 1 aromatic rings. The second-order valence-electron chi connectivity index (χ2n) is 9.24. The number of likely N-dealkylation sites (N-methyl/N-ethyl adjacent to an activating group) is 1. The summed E-state index contributed by atoms with van der Waals surface area (Å²) >= 11 is 0. The molecule has 30 heavy (non-hydrogen) atoms. The third-order valence-corrected chi connectivity index (χ3v) is 10.6. The molecular weight excluding hydrogens is 432 g/mol. The molecule has 0 unspecified atom stereocenters. The van der Waals surface area contributed by atoms with E-state index in [1.54, 1.807) is 0 Å². The first-order valence-electron chi connectivity index (χ1n) is 10.4. The van der Waals surface area contributed by atoms with E-state index in [9.17, 15) is 4.79 Å². The van der Waals surface area contributed by atoms with Gasteiger partial charge in [-0.25, -0.2) is 4.79 Å². The lowest BCUT2D eigenvalue weighted by Gasteiger charge is -2.38. The number of esters is 1. The molecule has 1 fully saturated rings. The maximum atomic E-state index is 12.0. The van der Waals surface area contributed by atoms with Gasteiger partial charge in [-0.2, -0.15) is 27.0 Å². The van der Waals surface area contributed by atoms with Crippen molar-refractivity contribution in [3.05, 3.63) is 35.4 Å². The summed E-state index contributed by atoms with van der Waals surface area (Å²) < 4.78 is 11.7. The number of ether oxygens (including phenoxy) is 1. The highest BCUT2D eigenvalue weighted by atomic mass is 32.1. The van der Waals surface area contributed by atoms with Crippen molar-refractivity contribution in [3.8, 4) is 0 Å². The molecule has 0 saturated carbocycles. The van der Waals surface area contributed by atoms with Crippen LogP contribution in [-0.2, 0) is 9.16 Å². The molecule has 0 bridgehead atoms. The smallest absolute Gasteiger partial charge is 0.338 e. The van der Waals surface area contributed by atoms with E-state index in [0.717, 1.165) is 31.6 Å². The Balaban J connectivity index is 0.00000420. The molecule has 2 rings (SSSR count). The predicted octanol–water partition coefficient (Wildman–Crippen LogP) is 4.45. The van der Waals surface area contributed by atoms with E-state index >= 15 is 0 Å². The molecule has 1 aliphatic heterocycles. The summed E-state index contributed by atoms with van der Waals surface area (Å²) in [7, 11) is 0.240. The van der Waals surface area contributed by atoms with Crippen LogP contribution in [0.5, 0.6) is 0 Å². The van der Waals surface area contributed by atoms with Crippen molar-refractivity contribution in [1.29, 1.82) is 0 Å². The third-order valence-electron chi connectivity index (χ3n) is 6.09. The number of likely N-dealkylation sites (tertiary alicyclic amines) is 1. The van der Waals surface area contributed by atoms with Crippen LogP contribution in [0.1, 0.15) is 56.1 Å². The average molecular weight is 475 g/mol. The Morgan fingerprint density at radius 2 is 1.97 bits per heavy atom. The van der Waals surface area contributed by atoms with Gasteiger partial charge >= 0.3 is 5.97 Å². The molecule has 2 atom stereocenters. The minimum Gasteiger partial charge on any atom is -0.462 e. The van der Waals surface area contributed by atoms with Gasteiger partial charge in [0.2, 0.25) is 0 Å². The van der Waals surface area contributed by atoms with Crippen molar-refractivity contribution in [1.82, 2.24) is 10.2 Å². The van der Waals surface area contributed by atoms with Crippen molar-refractivity contribution >= 4 is 41.3 Å². The number of nitrogens with one attached hydrogen (secondary N) is 1. The van der Waals surface area contributed by atoms with Gasteiger partial charge in [0.15, 0.2) is 8.32 Å². The number of rotatable bonds is 8. The molecule has 0 aromatic heterocycles. The van der Waals surface area contributed by atoms with E-state index in [4.69, 9.17) is 9.16 Å². The normalized spacial score (nSPS) is 18.3. The van der Waals surface area contributed by atoms with Crippen LogP contribution in [0.25, 0.3) is 0 Å². The molecule has 5 nitrogen and oxygen atoms in total. The van der Waals surface area contributed by atoms with E-state index < -0.39 is 8.32 Å². The Kier molecular flexibility index (Phi) is 12.3. The second-order valence-corrected chi connectivity index (χ2v) is 14.0. The molecule has 174 valence electrons. The summed E-state index contributed by atoms with van der Waals surface area (Å²) in [6.07, 6.45) is 1.41. The van der Waals surface area contributed by atoms with Crippen LogP contribution in [-0.4, -0.2) is 58.6 Å². The van der Waals surface area contributed by atoms with E-state index in [1.165, 1.54) is 0 Å². The molecule has 0 radical (unpaired) electrons. The number of carbonyl (C=O) groups excluding carboxylic acids is 1. The molecule has 1 saturated heterocycles. The molecule has 1 N–H and O–H groups in total. The average Bonchev–Trinajstić information content (AvgIpc) is 3.05. The zero-order chi connectivity index (χ0) is 20.9. The number of hydrogen-bond donors (Lipinski definition) is 1. The van der Waals surface area contributed by atoms with E-state index in [2.05, 4.69) is 50.1 Å². The van der Waals surface area contributed by atoms with Crippen LogP contribution in [0.4, 0.5) is 0 Å². The second kappa shape index (κ2) is 12.5. The van der Waals surface area contributed by atoms with Crippen molar-refractivity contribution < 1.29 is 14.0 Å². The Hall–Kier alpha value is -0.513. The first-order chi connectivity index (χ1) is 13.1. The van der Waals surface area contributed by atoms with Crippen LogP contribution in [0, 0.1) is 0 Å². The van der Waals surface area contributed by atoms with Crippen LogP contribution >= 0.6 is 27.0 Å². The molecule has 8 heteroatoms. The first kappa shape index (κ1) is 29.5. The topological polar surface area (TPSA) is 50.8 Å². The van der Waals surface area contributed by atoms with Crippen molar-refractivity contribution in [2.24, 2.45) is 0 Å². The number of carbonyl (C=O) groups is 1.